The van der Waals surface area contributed by atoms with Gasteiger partial charge >= 0.3 is 5.97 Å². The Hall–Kier alpha value is -1.84. The van der Waals surface area contributed by atoms with Gasteiger partial charge in [-0.1, -0.05) is 30.3 Å². The Bertz CT molecular complexity index is 547. The van der Waals surface area contributed by atoms with Crippen molar-refractivity contribution >= 4 is 11.9 Å². The Morgan fingerprint density at radius 3 is 2.41 bits per heavy atom. The normalized spacial score (nSPS) is 25.1. The molecule has 1 amide bonds. The van der Waals surface area contributed by atoms with Crippen LogP contribution in [0.5, 0.6) is 0 Å². The van der Waals surface area contributed by atoms with Gasteiger partial charge in [0.05, 0.1) is 0 Å². The SMILES string of the molecule is CC(C(=O)O)N(C(=O)CC1CC(c2ccccc2)C1)C1CC1. The van der Waals surface area contributed by atoms with E-state index in [1.807, 2.05) is 6.07 Å². The lowest BCUT2D eigenvalue weighted by molar-refractivity contribution is -0.150. The maximum atomic E-state index is 12.5. The van der Waals surface area contributed by atoms with Crippen molar-refractivity contribution in [2.24, 2.45) is 5.92 Å². The van der Waals surface area contributed by atoms with E-state index in [1.54, 1.807) is 11.8 Å². The first-order valence-electron chi connectivity index (χ1n) is 8.15. The van der Waals surface area contributed by atoms with Crippen molar-refractivity contribution in [3.63, 3.8) is 0 Å². The lowest BCUT2D eigenvalue weighted by Crippen LogP contribution is -2.45. The van der Waals surface area contributed by atoms with Gasteiger partial charge in [-0.25, -0.2) is 4.79 Å². The Kier molecular flexibility index (Phi) is 4.19. The van der Waals surface area contributed by atoms with E-state index in [9.17, 15) is 14.7 Å². The topological polar surface area (TPSA) is 57.6 Å². The highest BCUT2D eigenvalue weighted by atomic mass is 16.4. The zero-order chi connectivity index (χ0) is 15.7. The van der Waals surface area contributed by atoms with Crippen molar-refractivity contribution in [1.82, 2.24) is 4.90 Å². The molecule has 2 saturated carbocycles. The first-order chi connectivity index (χ1) is 10.6. The van der Waals surface area contributed by atoms with Gasteiger partial charge in [0.25, 0.3) is 0 Å². The van der Waals surface area contributed by atoms with E-state index in [4.69, 9.17) is 0 Å². The average molecular weight is 301 g/mol. The monoisotopic (exact) mass is 301 g/mol. The number of amides is 1. The molecule has 0 aliphatic heterocycles. The third kappa shape index (κ3) is 3.16. The third-order valence-corrected chi connectivity index (χ3v) is 4.97. The van der Waals surface area contributed by atoms with E-state index in [1.165, 1.54) is 5.56 Å². The van der Waals surface area contributed by atoms with E-state index < -0.39 is 12.0 Å². The van der Waals surface area contributed by atoms with Gasteiger partial charge in [0.2, 0.25) is 5.91 Å². The summed E-state index contributed by atoms with van der Waals surface area (Å²) in [4.78, 5) is 25.3. The van der Waals surface area contributed by atoms with Gasteiger partial charge in [-0.2, -0.15) is 0 Å². The minimum Gasteiger partial charge on any atom is -0.480 e. The Morgan fingerprint density at radius 1 is 1.23 bits per heavy atom. The first-order valence-corrected chi connectivity index (χ1v) is 8.15. The number of rotatable bonds is 6. The molecule has 1 unspecified atom stereocenters. The summed E-state index contributed by atoms with van der Waals surface area (Å²) in [5.41, 5.74) is 1.35. The molecule has 118 valence electrons. The Morgan fingerprint density at radius 2 is 1.86 bits per heavy atom. The van der Waals surface area contributed by atoms with Crippen LogP contribution in [0.3, 0.4) is 0 Å². The molecule has 3 rings (SSSR count). The van der Waals surface area contributed by atoms with Crippen molar-refractivity contribution in [2.45, 2.75) is 57.0 Å². The maximum Gasteiger partial charge on any atom is 0.326 e. The number of carboxylic acids is 1. The number of nitrogens with zero attached hydrogens (tertiary/aromatic N) is 1. The molecular formula is C18H23NO3. The number of carbonyl (C=O) groups excluding carboxylic acids is 1. The molecule has 2 fully saturated rings. The summed E-state index contributed by atoms with van der Waals surface area (Å²) in [6, 6.07) is 9.86. The molecule has 0 radical (unpaired) electrons. The standard InChI is InChI=1S/C18H23NO3/c1-12(18(21)22)19(16-7-8-16)17(20)11-13-9-15(10-13)14-5-3-2-4-6-14/h2-6,12-13,15-16H,7-11H2,1H3,(H,21,22). The Labute approximate surface area is 131 Å². The minimum absolute atomic E-state index is 0.0221. The van der Waals surface area contributed by atoms with Gasteiger partial charge in [-0.05, 0) is 50.0 Å². The van der Waals surface area contributed by atoms with Crippen molar-refractivity contribution < 1.29 is 14.7 Å². The molecule has 0 saturated heterocycles. The summed E-state index contributed by atoms with van der Waals surface area (Å²) in [5, 5.41) is 9.18. The second-order valence-corrected chi connectivity index (χ2v) is 6.70. The molecule has 0 heterocycles. The highest BCUT2D eigenvalue weighted by Gasteiger charge is 2.40. The zero-order valence-corrected chi connectivity index (χ0v) is 12.9. The van der Waals surface area contributed by atoms with E-state index in [2.05, 4.69) is 24.3 Å². The number of hydrogen-bond donors (Lipinski definition) is 1. The quantitative estimate of drug-likeness (QED) is 0.878. The number of benzene rings is 1. The average Bonchev–Trinajstić information content (AvgIpc) is 3.28. The summed E-state index contributed by atoms with van der Waals surface area (Å²) in [6.07, 6.45) is 4.46. The summed E-state index contributed by atoms with van der Waals surface area (Å²) >= 11 is 0. The highest BCUT2D eigenvalue weighted by Crippen LogP contribution is 2.44. The summed E-state index contributed by atoms with van der Waals surface area (Å²) in [7, 11) is 0. The van der Waals surface area contributed by atoms with Crippen LogP contribution >= 0.6 is 0 Å². The molecule has 0 spiro atoms. The summed E-state index contributed by atoms with van der Waals surface area (Å²) in [6.45, 7) is 1.62. The van der Waals surface area contributed by atoms with Crippen LogP contribution in [0.2, 0.25) is 0 Å². The van der Waals surface area contributed by atoms with Gasteiger partial charge in [0.1, 0.15) is 6.04 Å². The van der Waals surface area contributed by atoms with Crippen molar-refractivity contribution in [3.8, 4) is 0 Å². The van der Waals surface area contributed by atoms with Crippen molar-refractivity contribution in [1.29, 1.82) is 0 Å². The van der Waals surface area contributed by atoms with Crippen LogP contribution in [0.1, 0.15) is 50.5 Å². The van der Waals surface area contributed by atoms with Gasteiger partial charge in [-0.3, -0.25) is 4.79 Å². The predicted molar refractivity (Wildman–Crippen MR) is 83.5 cm³/mol. The van der Waals surface area contributed by atoms with E-state index >= 15 is 0 Å². The lowest BCUT2D eigenvalue weighted by Gasteiger charge is -2.37. The van der Waals surface area contributed by atoms with E-state index in [0.717, 1.165) is 25.7 Å². The van der Waals surface area contributed by atoms with Crippen molar-refractivity contribution in [3.05, 3.63) is 35.9 Å². The molecule has 1 aromatic carbocycles. The molecule has 1 aromatic rings. The van der Waals surface area contributed by atoms with Crippen LogP contribution in [0, 0.1) is 5.92 Å². The molecule has 0 aromatic heterocycles. The number of carboxylic acid groups (broad SMARTS) is 1. The van der Waals surface area contributed by atoms with Crippen LogP contribution in [-0.2, 0) is 9.59 Å². The largest absolute Gasteiger partial charge is 0.480 e. The molecule has 4 nitrogen and oxygen atoms in total. The van der Waals surface area contributed by atoms with Gasteiger partial charge in [-0.15, -0.1) is 0 Å². The second kappa shape index (κ2) is 6.11. The number of hydrogen-bond acceptors (Lipinski definition) is 2. The minimum atomic E-state index is -0.906. The van der Waals surface area contributed by atoms with Crippen LogP contribution < -0.4 is 0 Å². The highest BCUT2D eigenvalue weighted by molar-refractivity contribution is 5.84. The zero-order valence-electron chi connectivity index (χ0n) is 12.9. The Balaban J connectivity index is 1.53. The van der Waals surface area contributed by atoms with E-state index in [-0.39, 0.29) is 11.9 Å². The van der Waals surface area contributed by atoms with E-state index in [0.29, 0.717) is 18.3 Å². The summed E-state index contributed by atoms with van der Waals surface area (Å²) in [5.74, 6) is 0.0788. The molecule has 22 heavy (non-hydrogen) atoms. The number of aliphatic carboxylic acids is 1. The van der Waals surface area contributed by atoms with Crippen LogP contribution in [0.15, 0.2) is 30.3 Å². The van der Waals surface area contributed by atoms with Crippen LogP contribution in [0.25, 0.3) is 0 Å². The summed E-state index contributed by atoms with van der Waals surface area (Å²) < 4.78 is 0. The fourth-order valence-electron chi connectivity index (χ4n) is 3.46. The van der Waals surface area contributed by atoms with Gasteiger partial charge in [0, 0.05) is 12.5 Å². The molecule has 1 N–H and O–H groups in total. The third-order valence-electron chi connectivity index (χ3n) is 4.97. The molecule has 2 aliphatic carbocycles. The predicted octanol–water partition coefficient (Wildman–Crippen LogP) is 3.03. The lowest BCUT2D eigenvalue weighted by atomic mass is 9.70. The van der Waals surface area contributed by atoms with Crippen molar-refractivity contribution in [2.75, 3.05) is 0 Å². The molecular weight excluding hydrogens is 278 g/mol. The molecule has 1 atom stereocenters. The first kappa shape index (κ1) is 15.1. The van der Waals surface area contributed by atoms with Gasteiger partial charge in [0.15, 0.2) is 0 Å². The fourth-order valence-corrected chi connectivity index (χ4v) is 3.46. The van der Waals surface area contributed by atoms with Gasteiger partial charge < -0.3 is 10.0 Å². The molecule has 2 aliphatic rings. The fraction of sp³-hybridized carbons (Fsp3) is 0.556. The molecule has 4 heteroatoms. The second-order valence-electron chi connectivity index (χ2n) is 6.70. The maximum absolute atomic E-state index is 12.5. The number of carbonyl (C=O) groups is 2. The smallest absolute Gasteiger partial charge is 0.326 e. The van der Waals surface area contributed by atoms with Crippen LogP contribution in [-0.4, -0.2) is 34.0 Å². The molecule has 0 bridgehead atoms. The van der Waals surface area contributed by atoms with Crippen LogP contribution in [0.4, 0.5) is 0 Å².